The summed E-state index contributed by atoms with van der Waals surface area (Å²) in [6.07, 6.45) is 5.36. The first-order chi connectivity index (χ1) is 7.50. The van der Waals surface area contributed by atoms with Crippen molar-refractivity contribution in [2.75, 3.05) is 20.2 Å². The van der Waals surface area contributed by atoms with Crippen LogP contribution in [0.3, 0.4) is 0 Å². The minimum absolute atomic E-state index is 0.301. The summed E-state index contributed by atoms with van der Waals surface area (Å²) in [5.41, 5.74) is 6.65. The molecule has 1 heterocycles. The summed E-state index contributed by atoms with van der Waals surface area (Å²) in [6, 6.07) is 0.845. The molecule has 3 atom stereocenters. The van der Waals surface area contributed by atoms with Crippen LogP contribution in [0.25, 0.3) is 0 Å². The lowest BCUT2D eigenvalue weighted by atomic mass is 9.87. The molecule has 1 saturated carbocycles. The van der Waals surface area contributed by atoms with E-state index in [9.17, 15) is 0 Å². The highest BCUT2D eigenvalue weighted by molar-refractivity contribution is 4.98. The zero-order valence-corrected chi connectivity index (χ0v) is 10.9. The number of ether oxygens (including phenoxy) is 1. The van der Waals surface area contributed by atoms with Crippen LogP contribution in [-0.4, -0.2) is 43.3 Å². The molecule has 0 aromatic rings. The summed E-state index contributed by atoms with van der Waals surface area (Å²) in [6.45, 7) is 6.57. The van der Waals surface area contributed by atoms with Gasteiger partial charge in [-0.2, -0.15) is 0 Å². The minimum Gasteiger partial charge on any atom is -0.377 e. The standard InChI is InChI=1S/C13H26N2O/c1-13(2)7-6-11(12(13)14)15(3)9-10-5-4-8-16-10/h10-12H,4-9,14H2,1-3H3. The average Bonchev–Trinajstić information content (AvgIpc) is 2.77. The Hall–Kier alpha value is -0.120. The van der Waals surface area contributed by atoms with E-state index in [1.807, 2.05) is 0 Å². The highest BCUT2D eigenvalue weighted by atomic mass is 16.5. The Kier molecular flexibility index (Phi) is 3.57. The van der Waals surface area contributed by atoms with Crippen molar-refractivity contribution in [3.8, 4) is 0 Å². The Balaban J connectivity index is 1.87. The van der Waals surface area contributed by atoms with Gasteiger partial charge in [-0.15, -0.1) is 0 Å². The largest absolute Gasteiger partial charge is 0.377 e. The molecule has 3 unspecified atom stereocenters. The smallest absolute Gasteiger partial charge is 0.0702 e. The van der Waals surface area contributed by atoms with Gasteiger partial charge in [-0.25, -0.2) is 0 Å². The molecular weight excluding hydrogens is 200 g/mol. The van der Waals surface area contributed by atoms with Gasteiger partial charge in [-0.1, -0.05) is 13.8 Å². The summed E-state index contributed by atoms with van der Waals surface area (Å²) >= 11 is 0. The van der Waals surface area contributed by atoms with Gasteiger partial charge in [0.2, 0.25) is 0 Å². The molecular formula is C13H26N2O. The van der Waals surface area contributed by atoms with Crippen molar-refractivity contribution < 1.29 is 4.74 Å². The summed E-state index contributed by atoms with van der Waals surface area (Å²) in [4.78, 5) is 2.43. The van der Waals surface area contributed by atoms with Crippen molar-refractivity contribution in [2.24, 2.45) is 11.1 Å². The summed E-state index contributed by atoms with van der Waals surface area (Å²) < 4.78 is 5.69. The van der Waals surface area contributed by atoms with Crippen LogP contribution in [0, 0.1) is 5.41 Å². The van der Waals surface area contributed by atoms with Gasteiger partial charge in [-0.3, -0.25) is 4.90 Å². The lowest BCUT2D eigenvalue weighted by Crippen LogP contribution is -2.49. The highest BCUT2D eigenvalue weighted by Crippen LogP contribution is 2.38. The normalized spacial score (nSPS) is 38.4. The molecule has 0 bridgehead atoms. The second kappa shape index (κ2) is 4.63. The molecule has 2 aliphatic rings. The van der Waals surface area contributed by atoms with Gasteiger partial charge < -0.3 is 10.5 Å². The van der Waals surface area contributed by atoms with Gasteiger partial charge >= 0.3 is 0 Å². The van der Waals surface area contributed by atoms with Gasteiger partial charge in [0.05, 0.1) is 6.10 Å². The van der Waals surface area contributed by atoms with Crippen molar-refractivity contribution in [1.82, 2.24) is 4.90 Å². The van der Waals surface area contributed by atoms with E-state index in [2.05, 4.69) is 25.8 Å². The lowest BCUT2D eigenvalue weighted by Gasteiger charge is -2.33. The molecule has 2 fully saturated rings. The van der Waals surface area contributed by atoms with Crippen molar-refractivity contribution in [3.05, 3.63) is 0 Å². The molecule has 94 valence electrons. The number of nitrogens with zero attached hydrogens (tertiary/aromatic N) is 1. The van der Waals surface area contributed by atoms with E-state index < -0.39 is 0 Å². The number of hydrogen-bond acceptors (Lipinski definition) is 3. The fourth-order valence-corrected chi connectivity index (χ4v) is 3.13. The predicted octanol–water partition coefficient (Wildman–Crippen LogP) is 1.61. The molecule has 1 aliphatic carbocycles. The summed E-state index contributed by atoms with van der Waals surface area (Å²) in [7, 11) is 2.20. The molecule has 0 amide bonds. The number of nitrogens with two attached hydrogens (primary N) is 1. The van der Waals surface area contributed by atoms with Crippen LogP contribution in [0.15, 0.2) is 0 Å². The quantitative estimate of drug-likeness (QED) is 0.794. The molecule has 3 heteroatoms. The van der Waals surface area contributed by atoms with E-state index in [1.165, 1.54) is 25.7 Å². The third-order valence-electron chi connectivity index (χ3n) is 4.48. The SMILES string of the molecule is CN(CC1CCCO1)C1CCC(C)(C)C1N. The van der Waals surface area contributed by atoms with Crippen LogP contribution in [0.5, 0.6) is 0 Å². The van der Waals surface area contributed by atoms with Crippen LogP contribution in [0.1, 0.15) is 39.5 Å². The Bertz CT molecular complexity index is 236. The van der Waals surface area contributed by atoms with E-state index in [1.54, 1.807) is 0 Å². The highest BCUT2D eigenvalue weighted by Gasteiger charge is 2.41. The molecule has 16 heavy (non-hydrogen) atoms. The van der Waals surface area contributed by atoms with Gasteiger partial charge in [0.15, 0.2) is 0 Å². The van der Waals surface area contributed by atoms with E-state index in [0.717, 1.165) is 13.2 Å². The zero-order valence-electron chi connectivity index (χ0n) is 10.9. The fourth-order valence-electron chi connectivity index (χ4n) is 3.13. The first-order valence-electron chi connectivity index (χ1n) is 6.58. The first kappa shape index (κ1) is 12.3. The molecule has 0 aromatic carbocycles. The van der Waals surface area contributed by atoms with Crippen LogP contribution in [-0.2, 0) is 4.74 Å². The van der Waals surface area contributed by atoms with Gasteiger partial charge in [-0.05, 0) is 38.1 Å². The van der Waals surface area contributed by atoms with Gasteiger partial charge in [0, 0.05) is 25.2 Å². The maximum atomic E-state index is 6.35. The van der Waals surface area contributed by atoms with Crippen LogP contribution in [0.2, 0.25) is 0 Å². The van der Waals surface area contributed by atoms with E-state index in [4.69, 9.17) is 10.5 Å². The molecule has 2 N–H and O–H groups in total. The third-order valence-corrected chi connectivity index (χ3v) is 4.48. The second-order valence-corrected chi connectivity index (χ2v) is 6.19. The lowest BCUT2D eigenvalue weighted by molar-refractivity contribution is 0.0636. The average molecular weight is 226 g/mol. The maximum Gasteiger partial charge on any atom is 0.0702 e. The first-order valence-corrected chi connectivity index (χ1v) is 6.58. The molecule has 3 nitrogen and oxygen atoms in total. The molecule has 0 aromatic heterocycles. The molecule has 1 saturated heterocycles. The molecule has 0 radical (unpaired) electrons. The Morgan fingerprint density at radius 3 is 2.62 bits per heavy atom. The van der Waals surface area contributed by atoms with E-state index >= 15 is 0 Å². The topological polar surface area (TPSA) is 38.5 Å². The Labute approximate surface area is 99.3 Å². The zero-order chi connectivity index (χ0) is 11.8. The van der Waals surface area contributed by atoms with Crippen LogP contribution in [0.4, 0.5) is 0 Å². The number of hydrogen-bond donors (Lipinski definition) is 1. The van der Waals surface area contributed by atoms with Crippen molar-refractivity contribution >= 4 is 0 Å². The van der Waals surface area contributed by atoms with Crippen molar-refractivity contribution in [2.45, 2.75) is 57.7 Å². The van der Waals surface area contributed by atoms with Gasteiger partial charge in [0.1, 0.15) is 0 Å². The molecule has 1 aliphatic heterocycles. The third kappa shape index (κ3) is 2.41. The Morgan fingerprint density at radius 2 is 2.12 bits per heavy atom. The molecule has 0 spiro atoms. The van der Waals surface area contributed by atoms with Crippen molar-refractivity contribution in [1.29, 1.82) is 0 Å². The fraction of sp³-hybridized carbons (Fsp3) is 1.00. The van der Waals surface area contributed by atoms with Gasteiger partial charge in [0.25, 0.3) is 0 Å². The van der Waals surface area contributed by atoms with Crippen molar-refractivity contribution in [3.63, 3.8) is 0 Å². The predicted molar refractivity (Wildman–Crippen MR) is 66.4 cm³/mol. The maximum absolute atomic E-state index is 6.35. The van der Waals surface area contributed by atoms with E-state index in [-0.39, 0.29) is 0 Å². The minimum atomic E-state index is 0.301. The number of rotatable bonds is 3. The number of likely N-dealkylation sites (N-methyl/N-ethyl adjacent to an activating group) is 1. The van der Waals surface area contributed by atoms with Crippen LogP contribution < -0.4 is 5.73 Å². The molecule has 2 rings (SSSR count). The second-order valence-electron chi connectivity index (χ2n) is 6.19. The van der Waals surface area contributed by atoms with E-state index in [0.29, 0.717) is 23.6 Å². The van der Waals surface area contributed by atoms with Crippen LogP contribution >= 0.6 is 0 Å². The monoisotopic (exact) mass is 226 g/mol. The summed E-state index contributed by atoms with van der Waals surface area (Å²) in [5.74, 6) is 0. The summed E-state index contributed by atoms with van der Waals surface area (Å²) in [5, 5.41) is 0. The Morgan fingerprint density at radius 1 is 1.38 bits per heavy atom.